The molecule has 23 heavy (non-hydrogen) atoms. The van der Waals surface area contributed by atoms with Gasteiger partial charge in [0.1, 0.15) is 17.8 Å². The summed E-state index contributed by atoms with van der Waals surface area (Å²) in [6.07, 6.45) is 4.87. The molecular weight excluding hydrogens is 288 g/mol. The number of amides is 1. The summed E-state index contributed by atoms with van der Waals surface area (Å²) in [7, 11) is 0. The summed E-state index contributed by atoms with van der Waals surface area (Å²) in [5.74, 6) is 0.501. The van der Waals surface area contributed by atoms with E-state index in [1.54, 1.807) is 6.07 Å². The number of carbonyl (C=O) groups is 1. The molecule has 0 fully saturated rings. The number of nitrogens with zero attached hydrogens (tertiary/aromatic N) is 2. The van der Waals surface area contributed by atoms with Crippen molar-refractivity contribution in [2.45, 2.75) is 39.7 Å². The van der Waals surface area contributed by atoms with Gasteiger partial charge in [-0.05, 0) is 18.9 Å². The lowest BCUT2D eigenvalue weighted by molar-refractivity contribution is 0.0946. The highest BCUT2D eigenvalue weighted by Gasteiger charge is 2.08. The number of anilines is 1. The van der Waals surface area contributed by atoms with Crippen LogP contribution in [0.25, 0.3) is 0 Å². The number of carbonyl (C=O) groups excluding carboxylic acids is 1. The first-order valence-electron chi connectivity index (χ1n) is 8.08. The van der Waals surface area contributed by atoms with E-state index in [9.17, 15) is 4.79 Å². The highest BCUT2D eigenvalue weighted by atomic mass is 16.1. The molecule has 5 nitrogen and oxygen atoms in total. The number of hydrogen-bond acceptors (Lipinski definition) is 4. The zero-order valence-corrected chi connectivity index (χ0v) is 13.8. The summed E-state index contributed by atoms with van der Waals surface area (Å²) in [5, 5.41) is 6.10. The highest BCUT2D eigenvalue weighted by molar-refractivity contribution is 5.92. The fourth-order valence-electron chi connectivity index (χ4n) is 2.15. The fraction of sp³-hybridized carbons (Fsp3) is 0.389. The maximum atomic E-state index is 12.2. The Labute approximate surface area is 137 Å². The van der Waals surface area contributed by atoms with E-state index in [0.717, 1.165) is 18.5 Å². The molecule has 1 amide bonds. The molecule has 0 radical (unpaired) electrons. The van der Waals surface area contributed by atoms with Crippen LogP contribution in [0.5, 0.6) is 0 Å². The van der Waals surface area contributed by atoms with Crippen LogP contribution in [0.15, 0.2) is 36.7 Å². The van der Waals surface area contributed by atoms with Crippen LogP contribution in [0.1, 0.15) is 47.8 Å². The second kappa shape index (κ2) is 8.88. The van der Waals surface area contributed by atoms with Crippen LogP contribution in [0.3, 0.4) is 0 Å². The molecule has 1 aromatic heterocycles. The first-order chi connectivity index (χ1) is 11.2. The van der Waals surface area contributed by atoms with Gasteiger partial charge in [-0.25, -0.2) is 9.97 Å². The summed E-state index contributed by atoms with van der Waals surface area (Å²) in [6.45, 7) is 5.55. The van der Waals surface area contributed by atoms with Crippen molar-refractivity contribution in [2.75, 3.05) is 11.9 Å². The minimum Gasteiger partial charge on any atom is -0.370 e. The Morgan fingerprint density at radius 3 is 2.65 bits per heavy atom. The summed E-state index contributed by atoms with van der Waals surface area (Å²) in [6, 6.07) is 9.78. The molecule has 0 spiro atoms. The minimum atomic E-state index is -0.190. The predicted molar refractivity (Wildman–Crippen MR) is 92.4 cm³/mol. The molecule has 0 unspecified atom stereocenters. The van der Waals surface area contributed by atoms with Crippen molar-refractivity contribution in [1.82, 2.24) is 15.3 Å². The molecule has 0 atom stereocenters. The van der Waals surface area contributed by atoms with Gasteiger partial charge in [-0.3, -0.25) is 4.79 Å². The van der Waals surface area contributed by atoms with Crippen LogP contribution < -0.4 is 10.6 Å². The van der Waals surface area contributed by atoms with E-state index >= 15 is 0 Å². The van der Waals surface area contributed by atoms with Crippen LogP contribution in [-0.4, -0.2) is 22.4 Å². The lowest BCUT2D eigenvalue weighted by atomic mass is 10.1. The molecule has 0 aliphatic heterocycles. The normalized spacial score (nSPS) is 10.3. The summed E-state index contributed by atoms with van der Waals surface area (Å²) in [5.41, 5.74) is 2.65. The van der Waals surface area contributed by atoms with Gasteiger partial charge in [0.15, 0.2) is 0 Å². The van der Waals surface area contributed by atoms with E-state index in [-0.39, 0.29) is 5.91 Å². The van der Waals surface area contributed by atoms with Crippen LogP contribution in [0, 0.1) is 6.92 Å². The standard InChI is InChI=1S/C18H24N4O/c1-3-4-5-10-19-17-11-16(21-13-22-17)18(23)20-12-15-8-6-14(2)7-9-15/h6-9,11,13H,3-5,10,12H2,1-2H3,(H,20,23)(H,19,21,22). The Balaban J connectivity index is 1.87. The SMILES string of the molecule is CCCCCNc1cc(C(=O)NCc2ccc(C)cc2)ncn1. The largest absolute Gasteiger partial charge is 0.370 e. The molecule has 0 bridgehead atoms. The second-order valence-corrected chi connectivity index (χ2v) is 5.59. The van der Waals surface area contributed by atoms with Crippen LogP contribution in [0.2, 0.25) is 0 Å². The van der Waals surface area contributed by atoms with Crippen molar-refractivity contribution in [3.05, 3.63) is 53.5 Å². The van der Waals surface area contributed by atoms with E-state index in [2.05, 4.69) is 27.5 Å². The van der Waals surface area contributed by atoms with Gasteiger partial charge >= 0.3 is 0 Å². The molecule has 0 aliphatic rings. The topological polar surface area (TPSA) is 66.9 Å². The van der Waals surface area contributed by atoms with Crippen molar-refractivity contribution in [3.63, 3.8) is 0 Å². The smallest absolute Gasteiger partial charge is 0.270 e. The highest BCUT2D eigenvalue weighted by Crippen LogP contribution is 2.06. The molecule has 0 aliphatic carbocycles. The first kappa shape index (κ1) is 16.9. The Hall–Kier alpha value is -2.43. The zero-order chi connectivity index (χ0) is 16.5. The number of aryl methyl sites for hydroxylation is 1. The van der Waals surface area contributed by atoms with Gasteiger partial charge in [0.05, 0.1) is 0 Å². The van der Waals surface area contributed by atoms with Crippen LogP contribution in [-0.2, 0) is 6.54 Å². The number of aromatic nitrogens is 2. The molecule has 2 N–H and O–H groups in total. The van der Waals surface area contributed by atoms with Crippen LogP contribution in [0.4, 0.5) is 5.82 Å². The summed E-state index contributed by atoms with van der Waals surface area (Å²) >= 11 is 0. The minimum absolute atomic E-state index is 0.190. The summed E-state index contributed by atoms with van der Waals surface area (Å²) in [4.78, 5) is 20.4. The van der Waals surface area contributed by atoms with Crippen molar-refractivity contribution in [1.29, 1.82) is 0 Å². The predicted octanol–water partition coefficient (Wildman–Crippen LogP) is 3.32. The van der Waals surface area contributed by atoms with Gasteiger partial charge in [-0.15, -0.1) is 0 Å². The van der Waals surface area contributed by atoms with Gasteiger partial charge < -0.3 is 10.6 Å². The number of hydrogen-bond donors (Lipinski definition) is 2. The van der Waals surface area contributed by atoms with E-state index in [1.165, 1.54) is 24.7 Å². The van der Waals surface area contributed by atoms with E-state index in [0.29, 0.717) is 18.1 Å². The third-order valence-corrected chi connectivity index (χ3v) is 3.56. The maximum Gasteiger partial charge on any atom is 0.270 e. The molecule has 122 valence electrons. The van der Waals surface area contributed by atoms with Crippen LogP contribution >= 0.6 is 0 Å². The average Bonchev–Trinajstić information content (AvgIpc) is 2.58. The molecule has 0 saturated carbocycles. The Morgan fingerprint density at radius 1 is 1.13 bits per heavy atom. The molecule has 5 heteroatoms. The third kappa shape index (κ3) is 5.70. The number of benzene rings is 1. The molecule has 1 aromatic carbocycles. The maximum absolute atomic E-state index is 12.2. The van der Waals surface area contributed by atoms with Crippen molar-refractivity contribution in [2.24, 2.45) is 0 Å². The van der Waals surface area contributed by atoms with Gasteiger partial charge in [-0.2, -0.15) is 0 Å². The van der Waals surface area contributed by atoms with Gasteiger partial charge in [0.2, 0.25) is 0 Å². The molecule has 0 saturated heterocycles. The Bertz CT molecular complexity index is 625. The van der Waals surface area contributed by atoms with Crippen molar-refractivity contribution < 1.29 is 4.79 Å². The molecular formula is C18H24N4O. The Morgan fingerprint density at radius 2 is 1.91 bits per heavy atom. The Kier molecular flexibility index (Phi) is 6.54. The van der Waals surface area contributed by atoms with E-state index in [4.69, 9.17) is 0 Å². The average molecular weight is 312 g/mol. The number of nitrogens with one attached hydrogen (secondary N) is 2. The van der Waals surface area contributed by atoms with Crippen molar-refractivity contribution >= 4 is 11.7 Å². The van der Waals surface area contributed by atoms with Gasteiger partial charge in [0, 0.05) is 19.2 Å². The fourth-order valence-corrected chi connectivity index (χ4v) is 2.15. The van der Waals surface area contributed by atoms with E-state index in [1.807, 2.05) is 31.2 Å². The number of rotatable bonds is 8. The lowest BCUT2D eigenvalue weighted by Gasteiger charge is -2.08. The molecule has 2 aromatic rings. The second-order valence-electron chi connectivity index (χ2n) is 5.59. The van der Waals surface area contributed by atoms with Crippen molar-refractivity contribution in [3.8, 4) is 0 Å². The van der Waals surface area contributed by atoms with E-state index < -0.39 is 0 Å². The monoisotopic (exact) mass is 312 g/mol. The third-order valence-electron chi connectivity index (χ3n) is 3.56. The summed E-state index contributed by atoms with van der Waals surface area (Å²) < 4.78 is 0. The quantitative estimate of drug-likeness (QED) is 0.734. The lowest BCUT2D eigenvalue weighted by Crippen LogP contribution is -2.24. The van der Waals surface area contributed by atoms with Gasteiger partial charge in [-0.1, -0.05) is 49.6 Å². The molecule has 1 heterocycles. The number of unbranched alkanes of at least 4 members (excludes halogenated alkanes) is 2. The first-order valence-corrected chi connectivity index (χ1v) is 8.08. The molecule has 2 rings (SSSR count). The van der Waals surface area contributed by atoms with Gasteiger partial charge in [0.25, 0.3) is 5.91 Å². The zero-order valence-electron chi connectivity index (χ0n) is 13.8.